The number of rotatable bonds is 9. The number of hydrogen-bond acceptors (Lipinski definition) is 10. The van der Waals surface area contributed by atoms with Crippen molar-refractivity contribution >= 4 is 33.6 Å². The molecule has 0 spiro atoms. The summed E-state index contributed by atoms with van der Waals surface area (Å²) in [5.41, 5.74) is -2.26. The Kier molecular flexibility index (Phi) is 9.59. The average Bonchev–Trinajstić information content (AvgIpc) is 3.75. The van der Waals surface area contributed by atoms with E-state index in [4.69, 9.17) is 28.7 Å². The summed E-state index contributed by atoms with van der Waals surface area (Å²) in [6.07, 6.45) is 1.87. The van der Waals surface area contributed by atoms with E-state index in [2.05, 4.69) is 9.88 Å². The number of fused-ring (bicyclic) bond motifs is 5. The third kappa shape index (κ3) is 6.62. The van der Waals surface area contributed by atoms with Crippen molar-refractivity contribution in [2.45, 2.75) is 82.3 Å². The number of methoxy groups -OCH3 is 2. The second kappa shape index (κ2) is 14.1. The second-order valence-corrected chi connectivity index (χ2v) is 16.0. The molecule has 15 heteroatoms. The molecule has 294 valence electrons. The third-order valence-corrected chi connectivity index (χ3v) is 11.3. The maximum Gasteiger partial charge on any atom is 0.410 e. The van der Waals surface area contributed by atoms with Crippen molar-refractivity contribution in [3.8, 4) is 28.6 Å². The lowest BCUT2D eigenvalue weighted by Crippen LogP contribution is -2.57. The van der Waals surface area contributed by atoms with Gasteiger partial charge in [-0.2, -0.15) is 9.97 Å². The predicted octanol–water partition coefficient (Wildman–Crippen LogP) is 7.40. The third-order valence-electron chi connectivity index (χ3n) is 11.3. The Bertz CT molecular complexity index is 2140. The summed E-state index contributed by atoms with van der Waals surface area (Å²) in [6, 6.07) is 6.52. The average molecular weight is 768 g/mol. The molecule has 2 unspecified atom stereocenters. The van der Waals surface area contributed by atoms with Crippen molar-refractivity contribution in [1.29, 1.82) is 0 Å². The van der Waals surface area contributed by atoms with Crippen LogP contribution in [-0.4, -0.2) is 109 Å². The molecule has 0 radical (unpaired) electrons. The van der Waals surface area contributed by atoms with Crippen molar-refractivity contribution in [2.24, 2.45) is 0 Å². The smallest absolute Gasteiger partial charge is 0.410 e. The van der Waals surface area contributed by atoms with Crippen molar-refractivity contribution in [3.63, 3.8) is 0 Å². The summed E-state index contributed by atoms with van der Waals surface area (Å²) in [5.74, 6) is -2.87. The van der Waals surface area contributed by atoms with E-state index in [0.717, 1.165) is 19.4 Å². The Morgan fingerprint density at radius 1 is 0.982 bits per heavy atom. The molecule has 0 saturated carbocycles. The molecule has 1 aromatic heterocycles. The number of alkyl halides is 1. The van der Waals surface area contributed by atoms with Gasteiger partial charge in [-0.1, -0.05) is 12.1 Å². The summed E-state index contributed by atoms with van der Waals surface area (Å²) in [6.45, 7) is 6.96. The highest BCUT2D eigenvalue weighted by Crippen LogP contribution is 2.47. The Morgan fingerprint density at radius 3 is 2.45 bits per heavy atom. The number of amides is 1. The van der Waals surface area contributed by atoms with Crippen LogP contribution >= 0.6 is 0 Å². The number of hydrogen-bond donors (Lipinski definition) is 0. The van der Waals surface area contributed by atoms with Crippen molar-refractivity contribution in [2.75, 3.05) is 58.7 Å². The molecule has 5 heterocycles. The fraction of sp³-hybridized carbons (Fsp3) is 0.525. The van der Waals surface area contributed by atoms with Gasteiger partial charge >= 0.3 is 12.1 Å². The Balaban J connectivity index is 1.29. The Hall–Kier alpha value is -4.63. The Morgan fingerprint density at radius 2 is 1.75 bits per heavy atom. The molecule has 4 aromatic rings. The summed E-state index contributed by atoms with van der Waals surface area (Å²) >= 11 is 0. The molecule has 11 nitrogen and oxygen atoms in total. The van der Waals surface area contributed by atoms with Crippen molar-refractivity contribution in [3.05, 3.63) is 47.8 Å². The van der Waals surface area contributed by atoms with Gasteiger partial charge in [-0.15, -0.1) is 0 Å². The van der Waals surface area contributed by atoms with Crippen LogP contribution in [0.1, 0.15) is 52.9 Å². The summed E-state index contributed by atoms with van der Waals surface area (Å²) in [5, 5.41) is 0.269. The minimum absolute atomic E-state index is 0.0329. The van der Waals surface area contributed by atoms with Gasteiger partial charge in [-0.05, 0) is 76.6 Å². The summed E-state index contributed by atoms with van der Waals surface area (Å²) in [7, 11) is 2.69. The fourth-order valence-electron chi connectivity index (χ4n) is 9.05. The fourth-order valence-corrected chi connectivity index (χ4v) is 9.05. The lowest BCUT2D eigenvalue weighted by Gasteiger charge is -2.42. The molecule has 4 saturated heterocycles. The predicted molar refractivity (Wildman–Crippen MR) is 197 cm³/mol. The molecule has 4 aliphatic rings. The molecule has 3 aromatic carbocycles. The van der Waals surface area contributed by atoms with Gasteiger partial charge in [0.2, 0.25) is 0 Å². The molecule has 4 fully saturated rings. The lowest BCUT2D eigenvalue weighted by molar-refractivity contribution is 0.0122. The van der Waals surface area contributed by atoms with E-state index >= 15 is 13.2 Å². The number of halogens is 4. The van der Waals surface area contributed by atoms with Crippen LogP contribution in [-0.2, 0) is 9.47 Å². The van der Waals surface area contributed by atoms with Gasteiger partial charge in [0, 0.05) is 44.1 Å². The molecule has 55 heavy (non-hydrogen) atoms. The minimum atomic E-state index is -1.09. The van der Waals surface area contributed by atoms with Gasteiger partial charge in [-0.3, -0.25) is 9.80 Å². The number of aromatic nitrogens is 2. The first-order chi connectivity index (χ1) is 26.3. The molecular weight excluding hydrogens is 722 g/mol. The van der Waals surface area contributed by atoms with Crippen LogP contribution in [0.25, 0.3) is 32.8 Å². The van der Waals surface area contributed by atoms with Gasteiger partial charge in [-0.25, -0.2) is 22.4 Å². The summed E-state index contributed by atoms with van der Waals surface area (Å²) < 4.78 is 93.3. The van der Waals surface area contributed by atoms with Crippen LogP contribution in [0.15, 0.2) is 30.3 Å². The SMILES string of the molecule is COCOc1cc(-c2c(F)c(OC)c3c(N4CC5CCC(C4)N5C(=O)OC(C)(C)C)nc(OC[C@@]45CCCN4C[C@H](F)C5)nc3c2F)c2c(F)cccc2c1. The van der Waals surface area contributed by atoms with Gasteiger partial charge in [0.1, 0.15) is 41.3 Å². The quantitative estimate of drug-likeness (QED) is 0.127. The topological polar surface area (TPSA) is 98.7 Å². The van der Waals surface area contributed by atoms with Crippen LogP contribution < -0.4 is 19.1 Å². The highest BCUT2D eigenvalue weighted by molar-refractivity contribution is 6.04. The summed E-state index contributed by atoms with van der Waals surface area (Å²) in [4.78, 5) is 28.4. The highest BCUT2D eigenvalue weighted by atomic mass is 19.1. The second-order valence-electron chi connectivity index (χ2n) is 16.0. The Labute approximate surface area is 316 Å². The van der Waals surface area contributed by atoms with Crippen molar-refractivity contribution < 1.29 is 46.0 Å². The largest absolute Gasteiger partial charge is 0.493 e. The number of carbonyl (C=O) groups is 1. The van der Waals surface area contributed by atoms with Crippen molar-refractivity contribution in [1.82, 2.24) is 19.8 Å². The van der Waals surface area contributed by atoms with Gasteiger partial charge in [0.05, 0.1) is 35.7 Å². The lowest BCUT2D eigenvalue weighted by atomic mass is 9.94. The van der Waals surface area contributed by atoms with Crippen LogP contribution in [0.3, 0.4) is 0 Å². The zero-order chi connectivity index (χ0) is 38.8. The van der Waals surface area contributed by atoms with E-state index in [1.807, 2.05) is 25.7 Å². The first-order valence-corrected chi connectivity index (χ1v) is 18.7. The molecule has 0 N–H and O–H groups in total. The molecule has 2 bridgehead atoms. The molecule has 4 atom stereocenters. The zero-order valence-electron chi connectivity index (χ0n) is 31.6. The first-order valence-electron chi connectivity index (χ1n) is 18.7. The van der Waals surface area contributed by atoms with Gasteiger partial charge in [0.15, 0.2) is 24.2 Å². The minimum Gasteiger partial charge on any atom is -0.493 e. The molecule has 4 aliphatic heterocycles. The maximum absolute atomic E-state index is 17.4. The van der Waals surface area contributed by atoms with Crippen LogP contribution in [0.2, 0.25) is 0 Å². The molecule has 1 amide bonds. The van der Waals surface area contributed by atoms with Gasteiger partial charge < -0.3 is 28.6 Å². The number of ether oxygens (including phenoxy) is 5. The normalized spacial score (nSPS) is 23.8. The van der Waals surface area contributed by atoms with E-state index in [-0.39, 0.29) is 83.8 Å². The monoisotopic (exact) mass is 767 g/mol. The van der Waals surface area contributed by atoms with E-state index < -0.39 is 46.4 Å². The standard InChI is InChI=1S/C40H45F4N5O6/c1-39(2,3)55-38(50)49-24-10-11-25(49)19-47(18-24)36-31-34(45-37(46-36)53-20-40-12-7-13-48(40)17-23(41)16-40)32(43)30(33(44)35(31)52-5)27-15-26(54-21-51-4)14-22-8-6-9-28(42)29(22)27/h6,8-9,14-15,23-25H,7,10-13,16-21H2,1-5H3/t23-,24?,25?,40+/m1/s1. The first kappa shape index (κ1) is 37.3. The van der Waals surface area contributed by atoms with Gasteiger partial charge in [0.25, 0.3) is 0 Å². The molecular formula is C40H45F4N5O6. The zero-order valence-corrected chi connectivity index (χ0v) is 31.6. The van der Waals surface area contributed by atoms with E-state index in [1.54, 1.807) is 17.0 Å². The van der Waals surface area contributed by atoms with E-state index in [9.17, 15) is 9.18 Å². The number of anilines is 1. The highest BCUT2D eigenvalue weighted by Gasteiger charge is 2.50. The molecule has 8 rings (SSSR count). The number of nitrogens with zero attached hydrogens (tertiary/aromatic N) is 5. The number of benzene rings is 3. The van der Waals surface area contributed by atoms with E-state index in [0.29, 0.717) is 31.2 Å². The van der Waals surface area contributed by atoms with Crippen LogP contribution in [0, 0.1) is 17.5 Å². The van der Waals surface area contributed by atoms with Crippen LogP contribution in [0.4, 0.5) is 28.2 Å². The number of piperazine rings is 1. The molecule has 0 aliphatic carbocycles. The number of carbonyl (C=O) groups excluding carboxylic acids is 1. The maximum atomic E-state index is 17.4. The van der Waals surface area contributed by atoms with Crippen LogP contribution in [0.5, 0.6) is 17.5 Å². The van der Waals surface area contributed by atoms with E-state index in [1.165, 1.54) is 32.4 Å².